The quantitative estimate of drug-likeness (QED) is 0.600. The fourth-order valence-electron chi connectivity index (χ4n) is 3.37. The Kier molecular flexibility index (Phi) is 7.37. The summed E-state index contributed by atoms with van der Waals surface area (Å²) in [6, 6.07) is 9.29. The highest BCUT2D eigenvalue weighted by Crippen LogP contribution is 2.33. The zero-order valence-corrected chi connectivity index (χ0v) is 17.1. The van der Waals surface area contributed by atoms with Crippen molar-refractivity contribution in [2.24, 2.45) is 10.2 Å². The van der Waals surface area contributed by atoms with E-state index >= 15 is 0 Å². The molecule has 162 valence electrons. The molecule has 0 spiro atoms. The van der Waals surface area contributed by atoms with Gasteiger partial charge in [-0.15, -0.1) is 0 Å². The van der Waals surface area contributed by atoms with Crippen LogP contribution < -0.4 is 10.6 Å². The lowest BCUT2D eigenvalue weighted by molar-refractivity contribution is -0.156. The summed E-state index contributed by atoms with van der Waals surface area (Å²) in [6.07, 6.45) is 3.60. The van der Waals surface area contributed by atoms with Crippen LogP contribution >= 0.6 is 0 Å². The first-order valence-corrected chi connectivity index (χ1v) is 10.3. The number of amides is 2. The van der Waals surface area contributed by atoms with Crippen molar-refractivity contribution in [3.63, 3.8) is 0 Å². The summed E-state index contributed by atoms with van der Waals surface area (Å²) in [5, 5.41) is 13.1. The summed E-state index contributed by atoms with van der Waals surface area (Å²) < 4.78 is 10.4. The van der Waals surface area contributed by atoms with Crippen LogP contribution in [0.3, 0.4) is 0 Å². The maximum Gasteiger partial charge on any atom is 0.407 e. The highest BCUT2D eigenvalue weighted by atomic mass is 16.6. The standard InChI is InChI=1S/C21H28N4O5/c1-21(24-25-21)12-17(19(27)23-16-10-6-3-7-11-16)30-18(26)13-22-20(28)29-14-15-8-4-2-5-9-15/h2,4-5,8-9,16-17H,3,6-7,10-14H2,1H3,(H,22,28)(H,23,27). The first-order chi connectivity index (χ1) is 14.4. The van der Waals surface area contributed by atoms with E-state index in [4.69, 9.17) is 9.47 Å². The summed E-state index contributed by atoms with van der Waals surface area (Å²) in [5.74, 6) is -1.07. The van der Waals surface area contributed by atoms with E-state index < -0.39 is 30.4 Å². The molecule has 0 saturated heterocycles. The number of carbonyl (C=O) groups is 3. The van der Waals surface area contributed by atoms with E-state index in [0.717, 1.165) is 31.2 Å². The lowest BCUT2D eigenvalue weighted by atomic mass is 9.95. The van der Waals surface area contributed by atoms with Gasteiger partial charge in [-0.25, -0.2) is 4.79 Å². The number of hydrogen-bond donors (Lipinski definition) is 2. The van der Waals surface area contributed by atoms with Crippen molar-refractivity contribution in [1.29, 1.82) is 0 Å². The van der Waals surface area contributed by atoms with Gasteiger partial charge in [-0.3, -0.25) is 9.59 Å². The number of nitrogens with zero attached hydrogens (tertiary/aromatic N) is 2. The third-order valence-corrected chi connectivity index (χ3v) is 5.12. The molecule has 9 nitrogen and oxygen atoms in total. The Morgan fingerprint density at radius 2 is 1.83 bits per heavy atom. The van der Waals surface area contributed by atoms with Gasteiger partial charge in [-0.2, -0.15) is 10.2 Å². The molecule has 9 heteroatoms. The van der Waals surface area contributed by atoms with Crippen LogP contribution in [0.25, 0.3) is 0 Å². The fourth-order valence-corrected chi connectivity index (χ4v) is 3.37. The van der Waals surface area contributed by atoms with Crippen molar-refractivity contribution >= 4 is 18.0 Å². The minimum absolute atomic E-state index is 0.0928. The van der Waals surface area contributed by atoms with Gasteiger partial charge in [0, 0.05) is 12.5 Å². The second-order valence-corrected chi connectivity index (χ2v) is 7.86. The van der Waals surface area contributed by atoms with Crippen molar-refractivity contribution in [1.82, 2.24) is 10.6 Å². The van der Waals surface area contributed by atoms with Gasteiger partial charge in [0.1, 0.15) is 13.2 Å². The summed E-state index contributed by atoms with van der Waals surface area (Å²) in [4.78, 5) is 36.7. The SMILES string of the molecule is CC1(CC(OC(=O)CNC(=O)OCc2ccccc2)C(=O)NC2CCCCC2)N=N1. The van der Waals surface area contributed by atoms with E-state index in [1.54, 1.807) is 6.92 Å². The molecule has 2 N–H and O–H groups in total. The van der Waals surface area contributed by atoms with Gasteiger partial charge in [0.05, 0.1) is 0 Å². The zero-order valence-electron chi connectivity index (χ0n) is 17.1. The van der Waals surface area contributed by atoms with Gasteiger partial charge in [-0.1, -0.05) is 49.6 Å². The maximum atomic E-state index is 12.7. The number of nitrogens with one attached hydrogen (secondary N) is 2. The second kappa shape index (κ2) is 10.2. The minimum Gasteiger partial charge on any atom is -0.451 e. The molecule has 1 saturated carbocycles. The van der Waals surface area contributed by atoms with Gasteiger partial charge in [0.15, 0.2) is 11.8 Å². The Morgan fingerprint density at radius 3 is 2.50 bits per heavy atom. The van der Waals surface area contributed by atoms with Crippen LogP contribution in [0, 0.1) is 0 Å². The van der Waals surface area contributed by atoms with Gasteiger partial charge >= 0.3 is 12.1 Å². The topological polar surface area (TPSA) is 118 Å². The number of carbonyl (C=O) groups excluding carboxylic acids is 3. The van der Waals surface area contributed by atoms with Crippen molar-refractivity contribution in [3.8, 4) is 0 Å². The summed E-state index contributed by atoms with van der Waals surface area (Å²) >= 11 is 0. The molecule has 1 aromatic carbocycles. The lowest BCUT2D eigenvalue weighted by Crippen LogP contribution is -2.46. The van der Waals surface area contributed by atoms with Gasteiger partial charge in [-0.05, 0) is 25.3 Å². The highest BCUT2D eigenvalue weighted by Gasteiger charge is 2.41. The zero-order chi connectivity index (χ0) is 21.4. The largest absolute Gasteiger partial charge is 0.451 e. The number of benzene rings is 1. The Labute approximate surface area is 175 Å². The molecule has 0 aromatic heterocycles. The second-order valence-electron chi connectivity index (χ2n) is 7.86. The highest BCUT2D eigenvalue weighted by molar-refractivity contribution is 5.85. The van der Waals surface area contributed by atoms with Crippen LogP contribution in [0.1, 0.15) is 51.0 Å². The molecular formula is C21H28N4O5. The molecule has 1 fully saturated rings. The van der Waals surface area contributed by atoms with Crippen LogP contribution in [0.15, 0.2) is 40.6 Å². The molecule has 1 aliphatic carbocycles. The molecule has 1 heterocycles. The summed E-state index contributed by atoms with van der Waals surface area (Å²) in [5.41, 5.74) is 0.136. The predicted molar refractivity (Wildman–Crippen MR) is 107 cm³/mol. The van der Waals surface area contributed by atoms with Crippen LogP contribution in [-0.2, 0) is 25.7 Å². The molecule has 1 unspecified atom stereocenters. The number of esters is 1. The number of alkyl carbamates (subject to hydrolysis) is 1. The molecule has 2 amide bonds. The van der Waals surface area contributed by atoms with Crippen LogP contribution in [0.2, 0.25) is 0 Å². The monoisotopic (exact) mass is 416 g/mol. The van der Waals surface area contributed by atoms with E-state index in [2.05, 4.69) is 20.9 Å². The van der Waals surface area contributed by atoms with Gasteiger partial charge in [0.2, 0.25) is 0 Å². The number of rotatable bonds is 9. The van der Waals surface area contributed by atoms with Crippen molar-refractivity contribution in [3.05, 3.63) is 35.9 Å². The van der Waals surface area contributed by atoms with E-state index in [9.17, 15) is 14.4 Å². The Bertz CT molecular complexity index is 771. The third-order valence-electron chi connectivity index (χ3n) is 5.12. The average Bonchev–Trinajstić information content (AvgIpc) is 3.48. The van der Waals surface area contributed by atoms with Crippen LogP contribution in [0.5, 0.6) is 0 Å². The molecule has 0 radical (unpaired) electrons. The molecule has 30 heavy (non-hydrogen) atoms. The lowest BCUT2D eigenvalue weighted by Gasteiger charge is -2.26. The molecule has 1 aliphatic heterocycles. The number of hydrogen-bond acceptors (Lipinski definition) is 7. The third kappa shape index (κ3) is 7.13. The summed E-state index contributed by atoms with van der Waals surface area (Å²) in [6.45, 7) is 1.46. The van der Waals surface area contributed by atoms with Crippen LogP contribution in [-0.4, -0.2) is 42.3 Å². The minimum atomic E-state index is -1.01. The van der Waals surface area contributed by atoms with Gasteiger partial charge < -0.3 is 20.1 Å². The fraction of sp³-hybridized carbons (Fsp3) is 0.571. The Morgan fingerprint density at radius 1 is 1.13 bits per heavy atom. The van der Waals surface area contributed by atoms with Crippen molar-refractivity contribution in [2.75, 3.05) is 6.54 Å². The summed E-state index contributed by atoms with van der Waals surface area (Å²) in [7, 11) is 0. The molecule has 1 aromatic rings. The molecule has 0 bridgehead atoms. The molecule has 1 atom stereocenters. The average molecular weight is 416 g/mol. The van der Waals surface area contributed by atoms with Gasteiger partial charge in [0.25, 0.3) is 5.91 Å². The van der Waals surface area contributed by atoms with E-state index in [0.29, 0.717) is 0 Å². The Balaban J connectivity index is 1.43. The predicted octanol–water partition coefficient (Wildman–Crippen LogP) is 2.85. The first kappa shape index (κ1) is 21.7. The number of ether oxygens (including phenoxy) is 2. The van der Waals surface area contributed by atoms with E-state index in [-0.39, 0.29) is 25.0 Å². The molecular weight excluding hydrogens is 388 g/mol. The van der Waals surface area contributed by atoms with E-state index in [1.807, 2.05) is 30.3 Å². The van der Waals surface area contributed by atoms with Crippen molar-refractivity contribution in [2.45, 2.75) is 69.9 Å². The molecule has 2 aliphatic rings. The smallest absolute Gasteiger partial charge is 0.407 e. The Hall–Kier alpha value is -2.97. The van der Waals surface area contributed by atoms with E-state index in [1.165, 1.54) is 6.42 Å². The first-order valence-electron chi connectivity index (χ1n) is 10.3. The molecule has 3 rings (SSSR count). The normalized spacial score (nSPS) is 18.2. The maximum absolute atomic E-state index is 12.7. The van der Waals surface area contributed by atoms with Crippen LogP contribution in [0.4, 0.5) is 4.79 Å². The van der Waals surface area contributed by atoms with Crippen molar-refractivity contribution < 1.29 is 23.9 Å².